The van der Waals surface area contributed by atoms with Crippen molar-refractivity contribution in [2.75, 3.05) is 5.32 Å². The maximum absolute atomic E-state index is 13.2. The molecule has 0 bridgehead atoms. The van der Waals surface area contributed by atoms with Gasteiger partial charge in [0.05, 0.1) is 0 Å². The Morgan fingerprint density at radius 2 is 2.00 bits per heavy atom. The highest BCUT2D eigenvalue weighted by atomic mass is 19.1. The molecule has 0 unspecified atom stereocenters. The average molecular weight is 338 g/mol. The molecule has 1 heterocycles. The molecule has 25 heavy (non-hydrogen) atoms. The number of rotatable bonds is 5. The minimum absolute atomic E-state index is 0.101. The number of carbonyl (C=O) groups excluding carboxylic acids is 1. The largest absolute Gasteiger partial charge is 0.326 e. The smallest absolute Gasteiger partial charge is 0.227 e. The first-order chi connectivity index (χ1) is 12.0. The van der Waals surface area contributed by atoms with Crippen LogP contribution in [0.3, 0.4) is 0 Å². The normalized spacial score (nSPS) is 12.0. The van der Waals surface area contributed by atoms with Gasteiger partial charge in [-0.1, -0.05) is 19.1 Å². The molecule has 0 radical (unpaired) electrons. The van der Waals surface area contributed by atoms with Crippen LogP contribution >= 0.6 is 0 Å². The van der Waals surface area contributed by atoms with Gasteiger partial charge >= 0.3 is 0 Å². The molecule has 0 aliphatic carbocycles. The second-order valence-corrected chi connectivity index (χ2v) is 6.07. The molecule has 0 aliphatic rings. The van der Waals surface area contributed by atoms with Crippen molar-refractivity contribution in [3.8, 4) is 11.4 Å². The summed E-state index contributed by atoms with van der Waals surface area (Å²) in [6.45, 7) is 1.83. The summed E-state index contributed by atoms with van der Waals surface area (Å²) >= 11 is 0. The van der Waals surface area contributed by atoms with Crippen LogP contribution in [-0.4, -0.2) is 20.7 Å². The lowest BCUT2D eigenvalue weighted by atomic mass is 10.00. The lowest BCUT2D eigenvalue weighted by Crippen LogP contribution is -2.22. The molecule has 1 amide bonds. The van der Waals surface area contributed by atoms with E-state index in [9.17, 15) is 9.18 Å². The highest BCUT2D eigenvalue weighted by Gasteiger charge is 2.14. The van der Waals surface area contributed by atoms with E-state index < -0.39 is 0 Å². The number of halogens is 1. The summed E-state index contributed by atoms with van der Waals surface area (Å²) in [6, 6.07) is 13.8. The van der Waals surface area contributed by atoms with Crippen molar-refractivity contribution < 1.29 is 9.18 Å². The number of hydrogen-bond donors (Lipinski definition) is 1. The van der Waals surface area contributed by atoms with Crippen molar-refractivity contribution in [2.45, 2.75) is 13.3 Å². The zero-order chi connectivity index (χ0) is 17.8. The molecular formula is C19H19FN4O. The fourth-order valence-corrected chi connectivity index (χ4v) is 2.62. The maximum atomic E-state index is 13.2. The highest BCUT2D eigenvalue weighted by molar-refractivity contribution is 5.92. The maximum Gasteiger partial charge on any atom is 0.227 e. The number of benzene rings is 2. The summed E-state index contributed by atoms with van der Waals surface area (Å²) in [5.41, 5.74) is 2.44. The van der Waals surface area contributed by atoms with Gasteiger partial charge in [-0.2, -0.15) is 0 Å². The molecule has 0 saturated carbocycles. The van der Waals surface area contributed by atoms with Crippen molar-refractivity contribution in [3.63, 3.8) is 0 Å². The topological polar surface area (TPSA) is 59.8 Å². The molecule has 1 atom stereocenters. The predicted molar refractivity (Wildman–Crippen MR) is 94.3 cm³/mol. The minimum Gasteiger partial charge on any atom is -0.326 e. The van der Waals surface area contributed by atoms with Crippen LogP contribution in [0.2, 0.25) is 0 Å². The van der Waals surface area contributed by atoms with Gasteiger partial charge in [-0.3, -0.25) is 4.79 Å². The number of nitrogens with zero attached hydrogens (tertiary/aromatic N) is 3. The number of amides is 1. The molecule has 128 valence electrons. The Balaban J connectivity index is 1.63. The van der Waals surface area contributed by atoms with Crippen molar-refractivity contribution in [1.82, 2.24) is 14.8 Å². The van der Waals surface area contributed by atoms with Gasteiger partial charge in [0.2, 0.25) is 5.91 Å². The van der Waals surface area contributed by atoms with Gasteiger partial charge < -0.3 is 9.88 Å². The van der Waals surface area contributed by atoms with Gasteiger partial charge in [0.15, 0.2) is 5.82 Å². The average Bonchev–Trinajstić information content (AvgIpc) is 3.01. The van der Waals surface area contributed by atoms with Crippen LogP contribution in [-0.2, 0) is 18.3 Å². The summed E-state index contributed by atoms with van der Waals surface area (Å²) in [7, 11) is 1.87. The van der Waals surface area contributed by atoms with E-state index in [0.717, 1.165) is 17.0 Å². The quantitative estimate of drug-likeness (QED) is 0.775. The van der Waals surface area contributed by atoms with Crippen LogP contribution < -0.4 is 5.32 Å². The highest BCUT2D eigenvalue weighted by Crippen LogP contribution is 2.19. The van der Waals surface area contributed by atoms with Crippen LogP contribution in [0.4, 0.5) is 10.1 Å². The molecule has 5 nitrogen and oxygen atoms in total. The van der Waals surface area contributed by atoms with E-state index in [1.165, 1.54) is 12.1 Å². The van der Waals surface area contributed by atoms with Gasteiger partial charge in [-0.25, -0.2) is 4.39 Å². The van der Waals surface area contributed by atoms with Crippen LogP contribution in [0.1, 0.15) is 12.5 Å². The molecule has 0 aliphatic heterocycles. The Hall–Kier alpha value is -3.02. The molecular weight excluding hydrogens is 319 g/mol. The van der Waals surface area contributed by atoms with Crippen molar-refractivity contribution in [1.29, 1.82) is 0 Å². The number of hydrogen-bond acceptors (Lipinski definition) is 3. The first-order valence-corrected chi connectivity index (χ1v) is 8.02. The van der Waals surface area contributed by atoms with E-state index in [1.807, 2.05) is 48.9 Å². The van der Waals surface area contributed by atoms with E-state index in [0.29, 0.717) is 12.1 Å². The van der Waals surface area contributed by atoms with Crippen LogP contribution in [0.15, 0.2) is 54.9 Å². The Kier molecular flexibility index (Phi) is 4.88. The van der Waals surface area contributed by atoms with Gasteiger partial charge in [0, 0.05) is 24.2 Å². The molecule has 6 heteroatoms. The fraction of sp³-hybridized carbons (Fsp3) is 0.211. The molecule has 3 aromatic rings. The monoisotopic (exact) mass is 338 g/mol. The summed E-state index contributed by atoms with van der Waals surface area (Å²) in [5.74, 6) is 0.109. The van der Waals surface area contributed by atoms with E-state index in [1.54, 1.807) is 12.4 Å². The first-order valence-electron chi connectivity index (χ1n) is 8.02. The summed E-state index contributed by atoms with van der Waals surface area (Å²) in [6.07, 6.45) is 2.12. The molecule has 1 aromatic heterocycles. The van der Waals surface area contributed by atoms with Gasteiger partial charge in [-0.05, 0) is 48.4 Å². The molecule has 0 spiro atoms. The zero-order valence-corrected chi connectivity index (χ0v) is 14.1. The van der Waals surface area contributed by atoms with Gasteiger partial charge in [-0.15, -0.1) is 10.2 Å². The third-order valence-corrected chi connectivity index (χ3v) is 4.00. The predicted octanol–water partition coefficient (Wildman–Crippen LogP) is 3.44. The standard InChI is InChI=1S/C19H19FN4O/c1-13(10-14-4-3-5-16(20)11-14)19(25)22-17-8-6-15(7-9-17)18-23-21-12-24(18)2/h3-9,11-13H,10H2,1-2H3,(H,22,25)/t13-/m1/s1. The van der Waals surface area contributed by atoms with E-state index in [4.69, 9.17) is 0 Å². The number of aryl methyl sites for hydroxylation is 1. The molecule has 0 fully saturated rings. The number of carbonyl (C=O) groups is 1. The number of nitrogens with one attached hydrogen (secondary N) is 1. The van der Waals surface area contributed by atoms with E-state index >= 15 is 0 Å². The third-order valence-electron chi connectivity index (χ3n) is 4.00. The van der Waals surface area contributed by atoms with Crippen LogP contribution in [0.25, 0.3) is 11.4 Å². The minimum atomic E-state index is -0.288. The molecule has 2 aromatic carbocycles. The fourth-order valence-electron chi connectivity index (χ4n) is 2.62. The SMILES string of the molecule is C[C@H](Cc1cccc(F)c1)C(=O)Nc1ccc(-c2nncn2C)cc1. The number of anilines is 1. The lowest BCUT2D eigenvalue weighted by Gasteiger charge is -2.13. The Morgan fingerprint density at radius 3 is 2.64 bits per heavy atom. The second-order valence-electron chi connectivity index (χ2n) is 6.07. The zero-order valence-electron chi connectivity index (χ0n) is 14.1. The third kappa shape index (κ3) is 4.09. The van der Waals surface area contributed by atoms with Crippen molar-refractivity contribution >= 4 is 11.6 Å². The van der Waals surface area contributed by atoms with Gasteiger partial charge in [0.25, 0.3) is 0 Å². The summed E-state index contributed by atoms with van der Waals surface area (Å²) in [5, 5.41) is 10.8. The Bertz CT molecular complexity index is 873. The molecule has 3 rings (SSSR count). The van der Waals surface area contributed by atoms with E-state index in [2.05, 4.69) is 15.5 Å². The van der Waals surface area contributed by atoms with Gasteiger partial charge in [0.1, 0.15) is 12.1 Å². The summed E-state index contributed by atoms with van der Waals surface area (Å²) in [4.78, 5) is 12.3. The Labute approximate surface area is 145 Å². The van der Waals surface area contributed by atoms with E-state index in [-0.39, 0.29) is 17.6 Å². The van der Waals surface area contributed by atoms with Crippen LogP contribution in [0.5, 0.6) is 0 Å². The molecule has 1 N–H and O–H groups in total. The summed E-state index contributed by atoms with van der Waals surface area (Å²) < 4.78 is 15.1. The first kappa shape index (κ1) is 16.8. The number of aromatic nitrogens is 3. The lowest BCUT2D eigenvalue weighted by molar-refractivity contribution is -0.119. The van der Waals surface area contributed by atoms with Crippen molar-refractivity contribution in [2.24, 2.45) is 13.0 Å². The second kappa shape index (κ2) is 7.25. The van der Waals surface area contributed by atoms with Crippen LogP contribution in [0, 0.1) is 11.7 Å². The molecule has 0 saturated heterocycles. The van der Waals surface area contributed by atoms with Crippen molar-refractivity contribution in [3.05, 3.63) is 66.2 Å². The Morgan fingerprint density at radius 1 is 1.24 bits per heavy atom.